The number of hydrogen-bond donors (Lipinski definition) is 1. The fourth-order valence-electron chi connectivity index (χ4n) is 3.92. The van der Waals surface area contributed by atoms with Crippen molar-refractivity contribution in [3.8, 4) is 0 Å². The fourth-order valence-corrected chi connectivity index (χ4v) is 8.93. The van der Waals surface area contributed by atoms with Crippen LogP contribution in [0.5, 0.6) is 0 Å². The highest BCUT2D eigenvalue weighted by atomic mass is 32.3. The zero-order valence-corrected chi connectivity index (χ0v) is 30.2. The molecule has 3 aromatic rings. The molecule has 0 atom stereocenters. The van der Waals surface area contributed by atoms with Crippen LogP contribution in [0.3, 0.4) is 0 Å². The number of alkyl halides is 18. The Balaban J connectivity index is 0.000000408. The number of rotatable bonds is 11. The first kappa shape index (κ1) is 48.8. The van der Waals surface area contributed by atoms with Crippen molar-refractivity contribution in [2.24, 2.45) is 0 Å². The molecular formula is C30H24F18NO4S3+. The van der Waals surface area contributed by atoms with Crippen molar-refractivity contribution in [2.45, 2.75) is 87.4 Å². The van der Waals surface area contributed by atoms with Gasteiger partial charge in [0.05, 0.1) is 10.9 Å². The summed E-state index contributed by atoms with van der Waals surface area (Å²) in [4.78, 5) is 4.10. The number of sulfonamides is 2. The van der Waals surface area contributed by atoms with Crippen LogP contribution in [0.2, 0.25) is 0 Å². The molecule has 3 rings (SSSR count). The highest BCUT2D eigenvalue weighted by Gasteiger charge is 2.88. The minimum Gasteiger partial charge on any atom is -0.205 e. The lowest BCUT2D eigenvalue weighted by Gasteiger charge is -2.34. The third-order valence-electron chi connectivity index (χ3n) is 7.04. The van der Waals surface area contributed by atoms with Crippen LogP contribution in [-0.2, 0) is 36.4 Å². The van der Waals surface area contributed by atoms with Gasteiger partial charge >= 0.3 is 46.6 Å². The van der Waals surface area contributed by atoms with Gasteiger partial charge in [0.2, 0.25) is 0 Å². The van der Waals surface area contributed by atoms with E-state index in [-0.39, 0.29) is 16.3 Å². The predicted molar refractivity (Wildman–Crippen MR) is 163 cm³/mol. The molecular weight excluding hydrogens is 876 g/mol. The molecule has 5 nitrogen and oxygen atoms in total. The molecule has 0 aliphatic heterocycles. The summed E-state index contributed by atoms with van der Waals surface area (Å²) in [7, 11) is -17.4. The monoisotopic (exact) mass is 900 g/mol. The van der Waals surface area contributed by atoms with Crippen molar-refractivity contribution in [2.75, 3.05) is 0 Å². The van der Waals surface area contributed by atoms with E-state index < -0.39 is 70.7 Å². The van der Waals surface area contributed by atoms with E-state index in [4.69, 9.17) is 0 Å². The maximum atomic E-state index is 13.2. The van der Waals surface area contributed by atoms with Gasteiger partial charge in [0.25, 0.3) is 20.0 Å². The lowest BCUT2D eigenvalue weighted by atomic mass is 9.87. The summed E-state index contributed by atoms with van der Waals surface area (Å²) in [5.74, 6) is -32.9. The van der Waals surface area contributed by atoms with Gasteiger partial charge in [-0.1, -0.05) is 73.4 Å². The van der Waals surface area contributed by atoms with E-state index in [9.17, 15) is 95.9 Å². The fraction of sp³-hybridized carbons (Fsp3) is 0.400. The zero-order valence-electron chi connectivity index (χ0n) is 27.7. The Morgan fingerprint density at radius 3 is 0.929 bits per heavy atom. The quantitative estimate of drug-likeness (QED) is 0.154. The Bertz CT molecular complexity index is 1900. The molecule has 3 aromatic carbocycles. The summed E-state index contributed by atoms with van der Waals surface area (Å²) < 4.78 is 268. The number of nitrogens with one attached hydrogen (secondary N) is 1. The van der Waals surface area contributed by atoms with Crippen LogP contribution in [0.15, 0.2) is 99.6 Å². The molecule has 0 fully saturated rings. The molecule has 0 unspecified atom stereocenters. The van der Waals surface area contributed by atoms with Gasteiger partial charge in [-0.25, -0.2) is 16.8 Å². The standard InChI is InChI=1S/C22H23S.C8HF18NO4S2/c1-22(2,3)18-14-16-21(17-15-18)23(19-10-6-4-7-11-19)20-12-8-5-9-13-20;9-1(10,5(17,18)19)3(13,14)7(23,24)32(28,29)27-33(30,31)8(25,26)4(15,16)2(11,12)6(20,21)22/h4-17H,1-3H3;27H/q+1;. The zero-order chi connectivity index (χ0) is 44.0. The normalized spacial score (nSPS) is 14.7. The molecule has 0 radical (unpaired) electrons. The summed E-state index contributed by atoms with van der Waals surface area (Å²) in [5.41, 5.74) is 1.57. The maximum Gasteiger partial charge on any atom is 0.460 e. The minimum atomic E-state index is -8.68. The smallest absolute Gasteiger partial charge is 0.205 e. The Kier molecular flexibility index (Phi) is 13.4. The second-order valence-corrected chi connectivity index (χ2v) is 17.9. The van der Waals surface area contributed by atoms with Crippen molar-refractivity contribution >= 4 is 30.9 Å². The average Bonchev–Trinajstić information content (AvgIpc) is 3.04. The van der Waals surface area contributed by atoms with Gasteiger partial charge in [-0.05, 0) is 47.4 Å². The summed E-state index contributed by atoms with van der Waals surface area (Å²) in [5, 5.41) is -16.3. The number of halogens is 18. The molecule has 26 heteroatoms. The molecule has 0 heterocycles. The number of hydrogen-bond acceptors (Lipinski definition) is 4. The van der Waals surface area contributed by atoms with Gasteiger partial charge in [-0.2, -0.15) is 79.0 Å². The maximum absolute atomic E-state index is 13.2. The van der Waals surface area contributed by atoms with E-state index in [1.165, 1.54) is 20.2 Å². The van der Waals surface area contributed by atoms with Gasteiger partial charge < -0.3 is 0 Å². The van der Waals surface area contributed by atoms with Crippen molar-refractivity contribution in [1.82, 2.24) is 4.13 Å². The van der Waals surface area contributed by atoms with Crippen molar-refractivity contribution < 1.29 is 95.9 Å². The van der Waals surface area contributed by atoms with Crippen LogP contribution in [0.4, 0.5) is 79.0 Å². The van der Waals surface area contributed by atoms with Gasteiger partial charge in [0.15, 0.2) is 14.7 Å². The molecule has 0 aromatic heterocycles. The summed E-state index contributed by atoms with van der Waals surface area (Å²) in [6.07, 6.45) is -15.5. The van der Waals surface area contributed by atoms with E-state index >= 15 is 0 Å². The molecule has 0 amide bonds. The highest BCUT2D eigenvalue weighted by molar-refractivity contribution is 8.05. The van der Waals surface area contributed by atoms with Crippen molar-refractivity contribution in [3.05, 3.63) is 90.5 Å². The van der Waals surface area contributed by atoms with Crippen molar-refractivity contribution in [1.29, 1.82) is 0 Å². The number of benzene rings is 3. The Hall–Kier alpha value is -3.39. The summed E-state index contributed by atoms with van der Waals surface area (Å²) >= 11 is 0. The molecule has 0 saturated heterocycles. The van der Waals surface area contributed by atoms with Gasteiger partial charge in [-0.15, -0.1) is 0 Å². The van der Waals surface area contributed by atoms with Crippen LogP contribution in [0.25, 0.3) is 0 Å². The molecule has 0 aliphatic carbocycles. The minimum absolute atomic E-state index is 0.0497. The lowest BCUT2D eigenvalue weighted by Crippen LogP contribution is -2.68. The highest BCUT2D eigenvalue weighted by Crippen LogP contribution is 2.57. The SMILES string of the molecule is CC(C)(C)c1ccc([S+](c2ccccc2)c2ccccc2)cc1.O=S(=O)(NS(=O)(=O)C(F)(F)C(F)(F)C(F)(F)C(F)(F)F)C(F)(F)C(F)(F)C(F)(F)C(F)(F)F. The molecule has 0 bridgehead atoms. The van der Waals surface area contributed by atoms with Crippen LogP contribution >= 0.6 is 0 Å². The molecule has 1 N–H and O–H groups in total. The van der Waals surface area contributed by atoms with Gasteiger partial charge in [0.1, 0.15) is 0 Å². The molecule has 316 valence electrons. The van der Waals surface area contributed by atoms with Crippen LogP contribution in [0, 0.1) is 0 Å². The van der Waals surface area contributed by atoms with E-state index in [0.29, 0.717) is 0 Å². The first-order valence-electron chi connectivity index (χ1n) is 14.4. The average molecular weight is 901 g/mol. The second-order valence-electron chi connectivity index (χ2n) is 12.1. The molecule has 0 aliphatic rings. The lowest BCUT2D eigenvalue weighted by molar-refractivity contribution is -0.382. The summed E-state index contributed by atoms with van der Waals surface area (Å²) in [6, 6.07) is 30.7. The van der Waals surface area contributed by atoms with Crippen molar-refractivity contribution in [3.63, 3.8) is 0 Å². The third kappa shape index (κ3) is 8.85. The largest absolute Gasteiger partial charge is 0.460 e. The van der Waals surface area contributed by atoms with E-state index in [1.54, 1.807) is 0 Å². The molecule has 56 heavy (non-hydrogen) atoms. The van der Waals surface area contributed by atoms with E-state index in [0.717, 1.165) is 0 Å². The van der Waals surface area contributed by atoms with Gasteiger partial charge in [-0.3, -0.25) is 0 Å². The Morgan fingerprint density at radius 2 is 0.679 bits per heavy atom. The Labute approximate surface area is 308 Å². The van der Waals surface area contributed by atoms with Crippen LogP contribution < -0.4 is 4.13 Å². The predicted octanol–water partition coefficient (Wildman–Crippen LogP) is 10.2. The molecule has 0 spiro atoms. The first-order chi connectivity index (χ1) is 24.8. The first-order valence-corrected chi connectivity index (χ1v) is 18.6. The Morgan fingerprint density at radius 1 is 0.411 bits per heavy atom. The summed E-state index contributed by atoms with van der Waals surface area (Å²) in [6.45, 7) is 6.78. The topological polar surface area (TPSA) is 80.3 Å². The van der Waals surface area contributed by atoms with E-state index in [2.05, 4.69) is 106 Å². The second kappa shape index (κ2) is 15.4. The molecule has 0 saturated carbocycles. The van der Waals surface area contributed by atoms with Gasteiger partial charge in [0, 0.05) is 0 Å². The van der Waals surface area contributed by atoms with E-state index in [1.807, 2.05) is 0 Å². The third-order valence-corrected chi connectivity index (χ3v) is 12.9. The van der Waals surface area contributed by atoms with Crippen LogP contribution in [0.1, 0.15) is 26.3 Å². The van der Waals surface area contributed by atoms with Crippen LogP contribution in [-0.4, -0.2) is 63.4 Å².